The van der Waals surface area contributed by atoms with Crippen molar-refractivity contribution in [2.45, 2.75) is 95.8 Å². The van der Waals surface area contributed by atoms with Gasteiger partial charge in [0.25, 0.3) is 0 Å². The highest BCUT2D eigenvalue weighted by atomic mass is 16.7. The van der Waals surface area contributed by atoms with Crippen molar-refractivity contribution >= 4 is 23.8 Å². The van der Waals surface area contributed by atoms with Crippen LogP contribution in [0.2, 0.25) is 0 Å². The maximum atomic E-state index is 13.8. The smallest absolute Gasteiger partial charge is 0.336 e. The number of fused-ring (bicyclic) bond motifs is 1. The third-order valence-electron chi connectivity index (χ3n) is 6.77. The number of hydrogen-bond donors (Lipinski definition) is 1. The number of carbonyl (C=O) groups excluding carboxylic acids is 4. The van der Waals surface area contributed by atoms with Crippen LogP contribution in [-0.2, 0) is 42.9 Å². The largest absolute Gasteiger partial charge is 0.460 e. The minimum Gasteiger partial charge on any atom is -0.460 e. The molecule has 1 aromatic carbocycles. The van der Waals surface area contributed by atoms with E-state index in [1.807, 2.05) is 30.3 Å². The first-order valence-electron chi connectivity index (χ1n) is 13.1. The first-order valence-corrected chi connectivity index (χ1v) is 13.1. The predicted octanol–water partition coefficient (Wildman–Crippen LogP) is 2.00. The highest BCUT2D eigenvalue weighted by molar-refractivity contribution is 5.83. The standard InChI is InChI=1S/C27H36N4O9/c1-15(32)29-21-19(37-16(2)33)12-27(25(35)40-26(4,5)6)14-28-30-31(27)22(21)23-20(38-17(3)34)13-36-24(39-23)18-10-8-7-9-11-18/h7-11,19-24H,12-14H2,1-6H3,(H,29,32)/t19-,20+,21+,22+,23+,24+,27-/m0/s1. The molecule has 13 heteroatoms. The molecule has 0 unspecified atom stereocenters. The second-order valence-corrected chi connectivity index (χ2v) is 11.2. The predicted molar refractivity (Wildman–Crippen MR) is 137 cm³/mol. The molecule has 1 aromatic rings. The lowest BCUT2D eigenvalue weighted by atomic mass is 9.77. The number of piperidine rings is 1. The number of ether oxygens (including phenoxy) is 5. The van der Waals surface area contributed by atoms with Gasteiger partial charge in [0.15, 0.2) is 17.9 Å². The maximum Gasteiger partial charge on any atom is 0.336 e. The summed E-state index contributed by atoms with van der Waals surface area (Å²) in [5.41, 5.74) is -1.61. The Morgan fingerprint density at radius 2 is 1.68 bits per heavy atom. The fourth-order valence-electron chi connectivity index (χ4n) is 5.36. The van der Waals surface area contributed by atoms with Gasteiger partial charge in [0, 0.05) is 32.8 Å². The van der Waals surface area contributed by atoms with Crippen molar-refractivity contribution in [3.05, 3.63) is 35.9 Å². The Labute approximate surface area is 232 Å². The van der Waals surface area contributed by atoms with E-state index in [9.17, 15) is 19.2 Å². The van der Waals surface area contributed by atoms with Gasteiger partial charge < -0.3 is 29.0 Å². The van der Waals surface area contributed by atoms with Crippen LogP contribution in [0.3, 0.4) is 0 Å². The molecule has 3 aliphatic rings. The molecule has 2 fully saturated rings. The molecule has 3 aliphatic heterocycles. The third kappa shape index (κ3) is 6.25. The molecule has 218 valence electrons. The van der Waals surface area contributed by atoms with E-state index >= 15 is 0 Å². The van der Waals surface area contributed by atoms with Crippen LogP contribution in [0.4, 0.5) is 0 Å². The molecule has 1 N–H and O–H groups in total. The van der Waals surface area contributed by atoms with Gasteiger partial charge in [0.1, 0.15) is 23.9 Å². The molecule has 0 bridgehead atoms. The van der Waals surface area contributed by atoms with E-state index < -0.39 is 71.6 Å². The second kappa shape index (κ2) is 11.5. The molecular formula is C27H36N4O9. The lowest BCUT2D eigenvalue weighted by molar-refractivity contribution is -0.284. The first-order chi connectivity index (χ1) is 18.8. The maximum absolute atomic E-state index is 13.8. The zero-order chi connectivity index (χ0) is 29.2. The van der Waals surface area contributed by atoms with Crippen LogP contribution in [0.5, 0.6) is 0 Å². The highest BCUT2D eigenvalue weighted by Crippen LogP contribution is 2.44. The Morgan fingerprint density at radius 3 is 2.27 bits per heavy atom. The van der Waals surface area contributed by atoms with Crippen molar-refractivity contribution in [3.63, 3.8) is 0 Å². The van der Waals surface area contributed by atoms with Gasteiger partial charge in [0.2, 0.25) is 5.91 Å². The topological polar surface area (TPSA) is 154 Å². The number of amides is 1. The molecule has 0 spiro atoms. The van der Waals surface area contributed by atoms with Gasteiger partial charge in [-0.15, -0.1) is 0 Å². The van der Waals surface area contributed by atoms with Crippen LogP contribution in [0.15, 0.2) is 40.7 Å². The molecule has 0 aliphatic carbocycles. The molecule has 0 radical (unpaired) electrons. The summed E-state index contributed by atoms with van der Waals surface area (Å²) in [5, 5.41) is 12.8. The van der Waals surface area contributed by atoms with Crippen molar-refractivity contribution in [1.29, 1.82) is 0 Å². The minimum atomic E-state index is -1.47. The molecule has 0 aromatic heterocycles. The summed E-state index contributed by atoms with van der Waals surface area (Å²) in [5.74, 6) is -2.22. The van der Waals surface area contributed by atoms with Gasteiger partial charge in [-0.3, -0.25) is 19.4 Å². The van der Waals surface area contributed by atoms with Crippen molar-refractivity contribution < 1.29 is 42.9 Å². The molecule has 2 saturated heterocycles. The van der Waals surface area contributed by atoms with Crippen molar-refractivity contribution in [2.24, 2.45) is 10.3 Å². The molecule has 40 heavy (non-hydrogen) atoms. The summed E-state index contributed by atoms with van der Waals surface area (Å²) in [6.45, 7) is 8.92. The number of nitrogens with one attached hydrogen (secondary N) is 1. The lowest BCUT2D eigenvalue weighted by Crippen LogP contribution is -2.75. The summed E-state index contributed by atoms with van der Waals surface area (Å²) < 4.78 is 29.5. The van der Waals surface area contributed by atoms with E-state index in [1.165, 1.54) is 25.8 Å². The molecule has 3 heterocycles. The molecule has 0 saturated carbocycles. The Bertz CT molecular complexity index is 1150. The van der Waals surface area contributed by atoms with Gasteiger partial charge in [-0.2, -0.15) is 5.11 Å². The molecular weight excluding hydrogens is 524 g/mol. The quantitative estimate of drug-likeness (QED) is 0.404. The number of benzene rings is 1. The van der Waals surface area contributed by atoms with E-state index in [0.29, 0.717) is 5.56 Å². The van der Waals surface area contributed by atoms with Gasteiger partial charge in [-0.05, 0) is 20.8 Å². The molecule has 13 nitrogen and oxygen atoms in total. The normalized spacial score (nSPS) is 31.6. The summed E-state index contributed by atoms with van der Waals surface area (Å²) in [7, 11) is 0. The van der Waals surface area contributed by atoms with Crippen molar-refractivity contribution in [1.82, 2.24) is 10.3 Å². The monoisotopic (exact) mass is 560 g/mol. The minimum absolute atomic E-state index is 0.0459. The van der Waals surface area contributed by atoms with Crippen LogP contribution in [-0.4, -0.2) is 83.5 Å². The summed E-state index contributed by atoms with van der Waals surface area (Å²) in [6, 6.07) is 7.24. The lowest BCUT2D eigenvalue weighted by Gasteiger charge is -2.53. The van der Waals surface area contributed by atoms with Crippen LogP contribution in [0.25, 0.3) is 0 Å². The summed E-state index contributed by atoms with van der Waals surface area (Å²) in [6.07, 6.45) is -3.86. The number of nitrogens with zero attached hydrogens (tertiary/aromatic N) is 3. The van der Waals surface area contributed by atoms with Crippen molar-refractivity contribution in [2.75, 3.05) is 13.2 Å². The summed E-state index contributed by atoms with van der Waals surface area (Å²) in [4.78, 5) is 50.6. The fourth-order valence-corrected chi connectivity index (χ4v) is 5.36. The number of carbonyl (C=O) groups is 4. The average molecular weight is 561 g/mol. The van der Waals surface area contributed by atoms with Crippen LogP contribution >= 0.6 is 0 Å². The average Bonchev–Trinajstić information content (AvgIpc) is 3.28. The first kappa shape index (κ1) is 29.4. The molecule has 1 amide bonds. The van der Waals surface area contributed by atoms with E-state index in [1.54, 1.807) is 20.8 Å². The van der Waals surface area contributed by atoms with Gasteiger partial charge in [-0.25, -0.2) is 4.79 Å². The SMILES string of the molecule is CC(=O)N[C@H]1[C@H]([C@@H]2O[C@H](c3ccccc3)OC[C@H]2OC(C)=O)N2N=NC[C@]2(C(=O)OC(C)(C)C)C[C@@H]1OC(C)=O. The summed E-state index contributed by atoms with van der Waals surface area (Å²) >= 11 is 0. The van der Waals surface area contributed by atoms with E-state index in [4.69, 9.17) is 23.7 Å². The van der Waals surface area contributed by atoms with E-state index in [0.717, 1.165) is 0 Å². The molecule has 7 atom stereocenters. The fraction of sp³-hybridized carbons (Fsp3) is 0.630. The number of esters is 3. The molecule has 4 rings (SSSR count). The highest BCUT2D eigenvalue weighted by Gasteiger charge is 2.64. The zero-order valence-electron chi connectivity index (χ0n) is 23.5. The number of hydrogen-bond acceptors (Lipinski definition) is 12. The Balaban J connectivity index is 1.83. The van der Waals surface area contributed by atoms with E-state index in [2.05, 4.69) is 15.7 Å². The van der Waals surface area contributed by atoms with Gasteiger partial charge in [-0.1, -0.05) is 35.6 Å². The Kier molecular flexibility index (Phi) is 8.45. The van der Waals surface area contributed by atoms with Crippen LogP contribution < -0.4 is 5.32 Å². The second-order valence-electron chi connectivity index (χ2n) is 11.2. The van der Waals surface area contributed by atoms with Crippen LogP contribution in [0.1, 0.15) is 59.8 Å². The Morgan fingerprint density at radius 1 is 1.02 bits per heavy atom. The number of rotatable bonds is 6. The van der Waals surface area contributed by atoms with Crippen LogP contribution in [0, 0.1) is 0 Å². The van der Waals surface area contributed by atoms with Gasteiger partial charge in [0.05, 0.1) is 19.2 Å². The van der Waals surface area contributed by atoms with Crippen molar-refractivity contribution in [3.8, 4) is 0 Å². The third-order valence-corrected chi connectivity index (χ3v) is 6.77. The van der Waals surface area contributed by atoms with E-state index in [-0.39, 0.29) is 19.6 Å². The van der Waals surface area contributed by atoms with Gasteiger partial charge >= 0.3 is 17.9 Å². The Hall–Kier alpha value is -3.58. The zero-order valence-corrected chi connectivity index (χ0v) is 23.5.